The van der Waals surface area contributed by atoms with Gasteiger partial charge in [-0.25, -0.2) is 4.79 Å². The molecule has 4 rings (SSSR count). The van der Waals surface area contributed by atoms with Crippen LogP contribution in [0.3, 0.4) is 0 Å². The summed E-state index contributed by atoms with van der Waals surface area (Å²) in [6.07, 6.45) is -11.9. The lowest BCUT2D eigenvalue weighted by atomic mass is 9.74. The van der Waals surface area contributed by atoms with E-state index >= 15 is 0 Å². The van der Waals surface area contributed by atoms with Gasteiger partial charge in [0.15, 0.2) is 0 Å². The summed E-state index contributed by atoms with van der Waals surface area (Å²) in [5, 5.41) is 4.61. The van der Waals surface area contributed by atoms with Crippen molar-refractivity contribution in [1.82, 2.24) is 10.6 Å². The Morgan fingerprint density at radius 1 is 0.870 bits per heavy atom. The van der Waals surface area contributed by atoms with Gasteiger partial charge in [0.05, 0.1) is 23.8 Å². The van der Waals surface area contributed by atoms with Gasteiger partial charge in [0.25, 0.3) is 5.91 Å². The van der Waals surface area contributed by atoms with Crippen molar-refractivity contribution in [1.29, 1.82) is 0 Å². The summed E-state index contributed by atoms with van der Waals surface area (Å²) < 4.78 is 93.0. The molecule has 46 heavy (non-hydrogen) atoms. The van der Waals surface area contributed by atoms with E-state index in [0.29, 0.717) is 23.3 Å². The van der Waals surface area contributed by atoms with Crippen molar-refractivity contribution in [2.75, 3.05) is 13.2 Å². The van der Waals surface area contributed by atoms with E-state index in [9.17, 15) is 40.7 Å². The number of carbonyl (C=O) groups is 3. The summed E-state index contributed by atoms with van der Waals surface area (Å²) in [7, 11) is 0. The summed E-state index contributed by atoms with van der Waals surface area (Å²) in [6.45, 7) is 0.161. The molecule has 4 N–H and O–H groups in total. The summed E-state index contributed by atoms with van der Waals surface area (Å²) in [5.41, 5.74) is 0.0342. The molecular weight excluding hydrogens is 620 g/mol. The summed E-state index contributed by atoms with van der Waals surface area (Å²) in [6, 6.07) is 17.0. The topological polar surface area (TPSA) is 120 Å². The molecule has 3 atom stereocenters. The number of rotatable bonds is 12. The third kappa shape index (κ3) is 7.68. The van der Waals surface area contributed by atoms with Gasteiger partial charge in [-0.1, -0.05) is 60.7 Å². The molecule has 3 amide bonds. The lowest BCUT2D eigenvalue weighted by molar-refractivity contribution is -0.157. The van der Waals surface area contributed by atoms with Crippen LogP contribution in [0.2, 0.25) is 0 Å². The van der Waals surface area contributed by atoms with E-state index in [2.05, 4.69) is 10.6 Å². The Morgan fingerprint density at radius 3 is 1.93 bits per heavy atom. The van der Waals surface area contributed by atoms with Gasteiger partial charge in [0.2, 0.25) is 0 Å². The quantitative estimate of drug-likeness (QED) is 0.129. The number of hydrogen-bond acceptors (Lipinski definition) is 6. The van der Waals surface area contributed by atoms with Crippen LogP contribution in [0.25, 0.3) is 0 Å². The fourth-order valence-corrected chi connectivity index (χ4v) is 5.15. The maximum atomic E-state index is 14.1. The van der Waals surface area contributed by atoms with E-state index in [0.717, 1.165) is 0 Å². The van der Waals surface area contributed by atoms with Crippen molar-refractivity contribution in [2.24, 2.45) is 5.73 Å². The monoisotopic (exact) mass is 651 g/mol. The van der Waals surface area contributed by atoms with E-state index in [1.807, 2.05) is 0 Å². The Kier molecular flexibility index (Phi) is 10.1. The van der Waals surface area contributed by atoms with Crippen LogP contribution in [0, 0.1) is 0 Å². The van der Waals surface area contributed by atoms with Crippen molar-refractivity contribution in [3.8, 4) is 0 Å². The van der Waals surface area contributed by atoms with Gasteiger partial charge >= 0.3 is 24.4 Å². The van der Waals surface area contributed by atoms with Crippen molar-refractivity contribution in [2.45, 2.75) is 55.8 Å². The molecule has 3 aromatic carbocycles. The SMILES string of the molecule is C[C@@H](OC[C@](CCC1(CN)NC(=O)NC1=O)(C(=O)OCc1ccccc1)c1ccccc1)c1cc(C(F)(F)F)cc(C(F)(F)F)c1. The smallest absolute Gasteiger partial charge is 0.416 e. The number of halogens is 6. The number of carbonyl (C=O) groups excluding carboxylic acids is 3. The zero-order valence-corrected chi connectivity index (χ0v) is 24.5. The van der Waals surface area contributed by atoms with Crippen molar-refractivity contribution < 1.29 is 50.2 Å². The van der Waals surface area contributed by atoms with Gasteiger partial charge in [0.1, 0.15) is 17.6 Å². The first kappa shape index (κ1) is 34.4. The number of hydrogen-bond donors (Lipinski definition) is 3. The van der Waals surface area contributed by atoms with Gasteiger partial charge < -0.3 is 20.5 Å². The van der Waals surface area contributed by atoms with Gasteiger partial charge in [-0.2, -0.15) is 26.3 Å². The molecule has 0 bridgehead atoms. The van der Waals surface area contributed by atoms with Crippen LogP contribution in [0.15, 0.2) is 78.9 Å². The molecule has 246 valence electrons. The molecule has 8 nitrogen and oxygen atoms in total. The van der Waals surface area contributed by atoms with Crippen molar-refractivity contribution >= 4 is 17.9 Å². The van der Waals surface area contributed by atoms with Crippen molar-refractivity contribution in [3.63, 3.8) is 0 Å². The molecule has 1 aliphatic heterocycles. The van der Waals surface area contributed by atoms with Gasteiger partial charge in [-0.3, -0.25) is 14.9 Å². The number of esters is 1. The normalized spacial score (nSPS) is 18.8. The molecule has 1 aliphatic rings. The third-order valence-corrected chi connectivity index (χ3v) is 7.93. The van der Waals surface area contributed by atoms with Crippen LogP contribution in [0.5, 0.6) is 0 Å². The fourth-order valence-electron chi connectivity index (χ4n) is 5.15. The average Bonchev–Trinajstić information content (AvgIpc) is 3.32. The second-order valence-corrected chi connectivity index (χ2v) is 11.0. The number of ether oxygens (including phenoxy) is 2. The van der Waals surface area contributed by atoms with Gasteiger partial charge in [0, 0.05) is 6.54 Å². The predicted octanol–water partition coefficient (Wildman–Crippen LogP) is 5.80. The molecule has 0 aromatic heterocycles. The Bertz CT molecular complexity index is 1520. The molecule has 0 saturated carbocycles. The summed E-state index contributed by atoms with van der Waals surface area (Å²) >= 11 is 0. The first-order valence-corrected chi connectivity index (χ1v) is 14.1. The minimum atomic E-state index is -5.08. The molecular formula is C32H31F6N3O5. The van der Waals surface area contributed by atoms with Crippen LogP contribution in [-0.2, 0) is 43.4 Å². The van der Waals surface area contributed by atoms with E-state index in [-0.39, 0.29) is 32.1 Å². The standard InChI is InChI=1S/C32H31F6N3O5/c1-20(22-14-24(31(33,34)35)16-25(15-22)32(36,37)38)46-19-29(23-10-6-3-7-11-23,27(43)45-17-21-8-4-2-5-9-21)12-13-30(18-39)26(42)40-28(44)41-30/h2-11,14-16,20H,12-13,17-19,39H2,1H3,(H2,40,41,42,44)/t20-,29+,30?/m1/s1. The maximum absolute atomic E-state index is 14.1. The summed E-state index contributed by atoms with van der Waals surface area (Å²) in [5.74, 6) is -1.57. The van der Waals surface area contributed by atoms with Crippen LogP contribution in [0.1, 0.15) is 53.7 Å². The van der Waals surface area contributed by atoms with E-state index in [4.69, 9.17) is 15.2 Å². The first-order chi connectivity index (χ1) is 21.6. The fraction of sp³-hybridized carbons (Fsp3) is 0.344. The molecule has 1 unspecified atom stereocenters. The third-order valence-electron chi connectivity index (χ3n) is 7.93. The molecule has 14 heteroatoms. The second-order valence-electron chi connectivity index (χ2n) is 11.0. The zero-order chi connectivity index (χ0) is 33.8. The first-order valence-electron chi connectivity index (χ1n) is 14.1. The number of benzene rings is 3. The molecule has 0 spiro atoms. The highest BCUT2D eigenvalue weighted by molar-refractivity contribution is 6.07. The Labute approximate surface area is 260 Å². The highest BCUT2D eigenvalue weighted by Gasteiger charge is 2.50. The van der Waals surface area contributed by atoms with E-state index < -0.39 is 70.6 Å². The summed E-state index contributed by atoms with van der Waals surface area (Å²) in [4.78, 5) is 38.8. The number of nitrogens with two attached hydrogens (primary N) is 1. The van der Waals surface area contributed by atoms with Gasteiger partial charge in [-0.05, 0) is 54.7 Å². The van der Waals surface area contributed by atoms with Gasteiger partial charge in [-0.15, -0.1) is 0 Å². The molecule has 1 heterocycles. The minimum absolute atomic E-state index is 0.0125. The lowest BCUT2D eigenvalue weighted by Crippen LogP contribution is -2.55. The van der Waals surface area contributed by atoms with Crippen LogP contribution < -0.4 is 16.4 Å². The van der Waals surface area contributed by atoms with Crippen molar-refractivity contribution in [3.05, 3.63) is 107 Å². The van der Waals surface area contributed by atoms with Crippen LogP contribution in [-0.4, -0.2) is 36.6 Å². The zero-order valence-electron chi connectivity index (χ0n) is 24.5. The molecule has 3 aromatic rings. The number of nitrogens with one attached hydrogen (secondary N) is 2. The number of urea groups is 1. The number of alkyl halides is 6. The predicted molar refractivity (Wildman–Crippen MR) is 153 cm³/mol. The van der Waals surface area contributed by atoms with E-state index in [1.165, 1.54) is 6.92 Å². The van der Waals surface area contributed by atoms with Crippen LogP contribution in [0.4, 0.5) is 31.1 Å². The molecule has 0 aliphatic carbocycles. The molecule has 1 saturated heterocycles. The highest BCUT2D eigenvalue weighted by Crippen LogP contribution is 2.40. The van der Waals surface area contributed by atoms with Crippen LogP contribution >= 0.6 is 0 Å². The highest BCUT2D eigenvalue weighted by atomic mass is 19.4. The maximum Gasteiger partial charge on any atom is 0.416 e. The average molecular weight is 652 g/mol. The number of amides is 3. The lowest BCUT2D eigenvalue weighted by Gasteiger charge is -2.36. The minimum Gasteiger partial charge on any atom is -0.460 e. The Morgan fingerprint density at radius 2 is 1.43 bits per heavy atom. The number of imide groups is 1. The largest absolute Gasteiger partial charge is 0.460 e. The van der Waals surface area contributed by atoms with E-state index in [1.54, 1.807) is 60.7 Å². The Hall–Kier alpha value is -4.43. The second kappa shape index (κ2) is 13.5. The molecule has 0 radical (unpaired) electrons. The Balaban J connectivity index is 1.74. The molecule has 1 fully saturated rings.